The summed E-state index contributed by atoms with van der Waals surface area (Å²) in [7, 11) is 0. The molecule has 2 aromatic heterocycles. The summed E-state index contributed by atoms with van der Waals surface area (Å²) in [4.78, 5) is 36.8. The van der Waals surface area contributed by atoms with Gasteiger partial charge in [-0.15, -0.1) is 0 Å². The summed E-state index contributed by atoms with van der Waals surface area (Å²) in [5.74, 6) is -1.14. The molecule has 0 atom stereocenters. The van der Waals surface area contributed by atoms with E-state index in [1.165, 1.54) is 28.1 Å². The summed E-state index contributed by atoms with van der Waals surface area (Å²) < 4.78 is 19.8. The zero-order chi connectivity index (χ0) is 17.3. The number of rotatable bonds is 4. The van der Waals surface area contributed by atoms with Gasteiger partial charge in [0.25, 0.3) is 5.56 Å². The molecule has 0 aliphatic carbocycles. The standard InChI is InChI=1S/C15H13FN4O3S/c1-2-19-14(22)13-11(8-24-18-13)20(15(19)23)7-12(21)17-10-6-4-3-5-9(10)16/h3-6,8H,2,7H2,1H3,(H,17,21). The molecule has 1 N–H and O–H groups in total. The van der Waals surface area contributed by atoms with Crippen molar-refractivity contribution in [2.75, 3.05) is 5.32 Å². The summed E-state index contributed by atoms with van der Waals surface area (Å²) in [6.07, 6.45) is 0. The van der Waals surface area contributed by atoms with Crippen molar-refractivity contribution in [1.82, 2.24) is 13.5 Å². The largest absolute Gasteiger partial charge is 0.332 e. The third kappa shape index (κ3) is 2.73. The van der Waals surface area contributed by atoms with Gasteiger partial charge in [-0.3, -0.25) is 18.7 Å². The van der Waals surface area contributed by atoms with E-state index in [1.54, 1.807) is 13.0 Å². The third-order valence-electron chi connectivity index (χ3n) is 3.52. The Balaban J connectivity index is 2.00. The van der Waals surface area contributed by atoms with Crippen LogP contribution in [0.4, 0.5) is 10.1 Å². The van der Waals surface area contributed by atoms with E-state index in [0.29, 0.717) is 5.52 Å². The van der Waals surface area contributed by atoms with Gasteiger partial charge >= 0.3 is 5.69 Å². The lowest BCUT2D eigenvalue weighted by atomic mass is 10.3. The second kappa shape index (κ2) is 6.36. The van der Waals surface area contributed by atoms with Crippen molar-refractivity contribution in [2.24, 2.45) is 0 Å². The number of carbonyl (C=O) groups is 1. The number of hydrogen-bond acceptors (Lipinski definition) is 5. The smallest absolute Gasteiger partial charge is 0.322 e. The van der Waals surface area contributed by atoms with Crippen molar-refractivity contribution in [3.63, 3.8) is 0 Å². The highest BCUT2D eigenvalue weighted by Gasteiger charge is 2.17. The number of fused-ring (bicyclic) bond motifs is 1. The number of carbonyl (C=O) groups excluding carboxylic acids is 1. The normalized spacial score (nSPS) is 10.9. The van der Waals surface area contributed by atoms with Gasteiger partial charge in [0, 0.05) is 11.9 Å². The monoisotopic (exact) mass is 348 g/mol. The number of hydrogen-bond donors (Lipinski definition) is 1. The van der Waals surface area contributed by atoms with E-state index in [2.05, 4.69) is 9.69 Å². The Morgan fingerprint density at radius 1 is 1.29 bits per heavy atom. The summed E-state index contributed by atoms with van der Waals surface area (Å²) in [5, 5.41) is 3.95. The Morgan fingerprint density at radius 3 is 2.75 bits per heavy atom. The number of amides is 1. The zero-order valence-corrected chi connectivity index (χ0v) is 13.5. The van der Waals surface area contributed by atoms with Crippen LogP contribution >= 0.6 is 11.5 Å². The lowest BCUT2D eigenvalue weighted by Crippen LogP contribution is -2.41. The molecule has 3 rings (SSSR count). The predicted octanol–water partition coefficient (Wildman–Crippen LogP) is 1.42. The number of para-hydroxylation sites is 1. The van der Waals surface area contributed by atoms with Crippen LogP contribution in [0.25, 0.3) is 11.0 Å². The van der Waals surface area contributed by atoms with Crippen LogP contribution in [0.15, 0.2) is 39.2 Å². The average molecular weight is 348 g/mol. The Morgan fingerprint density at radius 2 is 2.04 bits per heavy atom. The Kier molecular flexibility index (Phi) is 4.26. The first-order chi connectivity index (χ1) is 11.5. The molecule has 7 nitrogen and oxygen atoms in total. The van der Waals surface area contributed by atoms with Crippen LogP contribution in [0.5, 0.6) is 0 Å². The van der Waals surface area contributed by atoms with Crippen molar-refractivity contribution >= 4 is 34.2 Å². The van der Waals surface area contributed by atoms with Crippen LogP contribution in [-0.2, 0) is 17.9 Å². The topological polar surface area (TPSA) is 86.0 Å². The van der Waals surface area contributed by atoms with Crippen LogP contribution in [0, 0.1) is 5.82 Å². The molecule has 9 heteroatoms. The third-order valence-corrected chi connectivity index (χ3v) is 4.13. The molecule has 3 aromatic rings. The highest BCUT2D eigenvalue weighted by molar-refractivity contribution is 7.04. The number of anilines is 1. The summed E-state index contributed by atoms with van der Waals surface area (Å²) in [6, 6.07) is 5.74. The molecule has 24 heavy (non-hydrogen) atoms. The fourth-order valence-corrected chi connectivity index (χ4v) is 3.03. The van der Waals surface area contributed by atoms with E-state index in [9.17, 15) is 18.8 Å². The Labute approximate surface area is 139 Å². The van der Waals surface area contributed by atoms with E-state index in [-0.39, 0.29) is 24.3 Å². The maximum atomic E-state index is 13.6. The molecule has 0 fully saturated rings. The molecule has 0 aliphatic rings. The van der Waals surface area contributed by atoms with Crippen LogP contribution in [0.3, 0.4) is 0 Å². The summed E-state index contributed by atoms with van der Waals surface area (Å²) >= 11 is 1.03. The highest BCUT2D eigenvalue weighted by Crippen LogP contribution is 2.13. The molecule has 0 spiro atoms. The van der Waals surface area contributed by atoms with Crippen molar-refractivity contribution in [3.8, 4) is 0 Å². The van der Waals surface area contributed by atoms with E-state index < -0.39 is 23.0 Å². The van der Waals surface area contributed by atoms with E-state index in [0.717, 1.165) is 16.1 Å². The number of nitrogens with zero attached hydrogens (tertiary/aromatic N) is 3. The molecule has 0 radical (unpaired) electrons. The molecular formula is C15H13FN4O3S. The van der Waals surface area contributed by atoms with Crippen molar-refractivity contribution in [2.45, 2.75) is 20.0 Å². The second-order valence-corrected chi connectivity index (χ2v) is 5.62. The molecular weight excluding hydrogens is 335 g/mol. The highest BCUT2D eigenvalue weighted by atomic mass is 32.1. The fraction of sp³-hybridized carbons (Fsp3) is 0.200. The van der Waals surface area contributed by atoms with Gasteiger partial charge in [0.2, 0.25) is 5.91 Å². The molecule has 0 saturated heterocycles. The number of nitrogens with one attached hydrogen (secondary N) is 1. The van der Waals surface area contributed by atoms with E-state index >= 15 is 0 Å². The predicted molar refractivity (Wildman–Crippen MR) is 88.8 cm³/mol. The lowest BCUT2D eigenvalue weighted by Gasteiger charge is -2.11. The van der Waals surface area contributed by atoms with Gasteiger partial charge in [-0.1, -0.05) is 12.1 Å². The van der Waals surface area contributed by atoms with Gasteiger partial charge in [0.1, 0.15) is 12.4 Å². The number of halogens is 1. The minimum Gasteiger partial charge on any atom is -0.322 e. The molecule has 0 saturated carbocycles. The van der Waals surface area contributed by atoms with Crippen molar-refractivity contribution in [1.29, 1.82) is 0 Å². The minimum absolute atomic E-state index is 0.0269. The molecule has 124 valence electrons. The molecule has 1 aromatic carbocycles. The maximum Gasteiger partial charge on any atom is 0.332 e. The molecule has 0 aliphatic heterocycles. The fourth-order valence-electron chi connectivity index (χ4n) is 2.36. The molecule has 0 bridgehead atoms. The van der Waals surface area contributed by atoms with Gasteiger partial charge in [0.15, 0.2) is 5.52 Å². The summed E-state index contributed by atoms with van der Waals surface area (Å²) in [5.41, 5.74) is -0.619. The van der Waals surface area contributed by atoms with Gasteiger partial charge in [-0.05, 0) is 30.6 Å². The zero-order valence-electron chi connectivity index (χ0n) is 12.7. The van der Waals surface area contributed by atoms with Gasteiger partial charge < -0.3 is 5.32 Å². The van der Waals surface area contributed by atoms with Crippen molar-refractivity contribution < 1.29 is 9.18 Å². The van der Waals surface area contributed by atoms with Gasteiger partial charge in [-0.2, -0.15) is 4.37 Å². The first-order valence-electron chi connectivity index (χ1n) is 7.15. The summed E-state index contributed by atoms with van der Waals surface area (Å²) in [6.45, 7) is 1.48. The molecule has 2 heterocycles. The molecule has 0 unspecified atom stereocenters. The Bertz CT molecular complexity index is 1040. The van der Waals surface area contributed by atoms with E-state index in [1.807, 2.05) is 0 Å². The van der Waals surface area contributed by atoms with Crippen LogP contribution in [0.2, 0.25) is 0 Å². The van der Waals surface area contributed by atoms with Crippen LogP contribution in [-0.4, -0.2) is 19.4 Å². The first-order valence-corrected chi connectivity index (χ1v) is 7.98. The van der Waals surface area contributed by atoms with Crippen molar-refractivity contribution in [3.05, 3.63) is 56.3 Å². The van der Waals surface area contributed by atoms with Crippen LogP contribution in [0.1, 0.15) is 6.92 Å². The second-order valence-electron chi connectivity index (χ2n) is 4.99. The first kappa shape index (κ1) is 16.1. The lowest BCUT2D eigenvalue weighted by molar-refractivity contribution is -0.116. The SMILES string of the molecule is CCn1c(=O)c2nscc2n(CC(=O)Nc2ccccc2F)c1=O. The van der Waals surface area contributed by atoms with Crippen LogP contribution < -0.4 is 16.6 Å². The Hall–Kier alpha value is -2.81. The van der Waals surface area contributed by atoms with E-state index in [4.69, 9.17) is 0 Å². The minimum atomic E-state index is -0.598. The number of aromatic nitrogens is 3. The molecule has 1 amide bonds. The maximum absolute atomic E-state index is 13.6. The van der Waals surface area contributed by atoms with Gasteiger partial charge in [-0.25, -0.2) is 9.18 Å². The average Bonchev–Trinajstić information content (AvgIpc) is 3.04. The number of benzene rings is 1. The van der Waals surface area contributed by atoms with Gasteiger partial charge in [0.05, 0.1) is 11.2 Å². The quantitative estimate of drug-likeness (QED) is 0.773.